The lowest BCUT2D eigenvalue weighted by Gasteiger charge is -2.18. The number of hydrogen-bond donors (Lipinski definition) is 0. The fraction of sp³-hybridized carbons (Fsp3) is 0.932. The Bertz CT molecular complexity index is 766. The molecule has 0 radical (unpaired) electrons. The molecule has 0 aliphatic carbocycles. The van der Waals surface area contributed by atoms with Crippen LogP contribution in [0.2, 0.25) is 0 Å². The van der Waals surface area contributed by atoms with Crippen molar-refractivity contribution >= 4 is 17.9 Å². The maximum atomic E-state index is 12.6. The maximum absolute atomic E-state index is 12.6. The standard InChI is InChI=1S/C44H84O6/c1-6-8-9-10-11-12-13-14-15-18-24-29-34-42(45)48-37-41(50-44(47)36-31-26-19-16-17-22-27-32-39(3)4)38-49-43(46)35-30-25-21-20-23-28-33-40(5)7-2/h39-41H,6-38H2,1-5H3/t40?,41-/m1/s1. The van der Waals surface area contributed by atoms with Crippen molar-refractivity contribution in [3.63, 3.8) is 0 Å². The summed E-state index contributed by atoms with van der Waals surface area (Å²) in [6.45, 7) is 11.2. The minimum atomic E-state index is -0.760. The summed E-state index contributed by atoms with van der Waals surface area (Å²) >= 11 is 0. The number of ether oxygens (including phenoxy) is 3. The molecule has 0 aromatic rings. The Morgan fingerprint density at radius 2 is 0.760 bits per heavy atom. The Hall–Kier alpha value is -1.59. The number of unbranched alkanes of at least 4 members (excludes halogenated alkanes) is 22. The topological polar surface area (TPSA) is 78.9 Å². The van der Waals surface area contributed by atoms with Crippen molar-refractivity contribution in [1.82, 2.24) is 0 Å². The Kier molecular flexibility index (Phi) is 36.0. The zero-order valence-electron chi connectivity index (χ0n) is 34.0. The van der Waals surface area contributed by atoms with E-state index in [9.17, 15) is 14.4 Å². The maximum Gasteiger partial charge on any atom is 0.306 e. The van der Waals surface area contributed by atoms with E-state index in [4.69, 9.17) is 14.2 Å². The highest BCUT2D eigenvalue weighted by molar-refractivity contribution is 5.71. The van der Waals surface area contributed by atoms with Gasteiger partial charge in [-0.25, -0.2) is 0 Å². The number of carbonyl (C=O) groups is 3. The van der Waals surface area contributed by atoms with Gasteiger partial charge in [0, 0.05) is 19.3 Å². The lowest BCUT2D eigenvalue weighted by molar-refractivity contribution is -0.167. The second kappa shape index (κ2) is 37.2. The molecule has 1 unspecified atom stereocenters. The summed E-state index contributed by atoms with van der Waals surface area (Å²) in [4.78, 5) is 37.6. The Labute approximate surface area is 310 Å². The van der Waals surface area contributed by atoms with Crippen LogP contribution in [-0.2, 0) is 28.6 Å². The summed E-state index contributed by atoms with van der Waals surface area (Å²) in [6, 6.07) is 0. The van der Waals surface area contributed by atoms with Crippen LogP contribution in [0.3, 0.4) is 0 Å². The fourth-order valence-electron chi connectivity index (χ4n) is 6.37. The third kappa shape index (κ3) is 36.2. The predicted octanol–water partition coefficient (Wildman–Crippen LogP) is 13.4. The molecule has 0 N–H and O–H groups in total. The first-order valence-electron chi connectivity index (χ1n) is 21.8. The minimum absolute atomic E-state index is 0.0663. The van der Waals surface area contributed by atoms with Gasteiger partial charge in [0.1, 0.15) is 13.2 Å². The van der Waals surface area contributed by atoms with E-state index in [1.807, 2.05) is 0 Å². The van der Waals surface area contributed by atoms with Gasteiger partial charge in [0.15, 0.2) is 6.10 Å². The molecule has 0 fully saturated rings. The number of hydrogen-bond acceptors (Lipinski definition) is 6. The second-order valence-corrected chi connectivity index (χ2v) is 15.7. The van der Waals surface area contributed by atoms with Crippen LogP contribution in [0.25, 0.3) is 0 Å². The van der Waals surface area contributed by atoms with Crippen molar-refractivity contribution in [3.05, 3.63) is 0 Å². The van der Waals surface area contributed by atoms with Crippen molar-refractivity contribution < 1.29 is 28.6 Å². The highest BCUT2D eigenvalue weighted by Gasteiger charge is 2.19. The van der Waals surface area contributed by atoms with Gasteiger partial charge in [0.2, 0.25) is 0 Å². The van der Waals surface area contributed by atoms with E-state index >= 15 is 0 Å². The van der Waals surface area contributed by atoms with E-state index in [2.05, 4.69) is 34.6 Å². The molecular formula is C44H84O6. The lowest BCUT2D eigenvalue weighted by Crippen LogP contribution is -2.30. The fourth-order valence-corrected chi connectivity index (χ4v) is 6.37. The van der Waals surface area contributed by atoms with E-state index in [0.717, 1.165) is 69.6 Å². The van der Waals surface area contributed by atoms with E-state index in [1.165, 1.54) is 122 Å². The highest BCUT2D eigenvalue weighted by Crippen LogP contribution is 2.16. The molecule has 296 valence electrons. The van der Waals surface area contributed by atoms with Crippen LogP contribution in [0.4, 0.5) is 0 Å². The van der Waals surface area contributed by atoms with Crippen LogP contribution < -0.4 is 0 Å². The van der Waals surface area contributed by atoms with Gasteiger partial charge in [0.25, 0.3) is 0 Å². The Morgan fingerprint density at radius 1 is 0.420 bits per heavy atom. The zero-order chi connectivity index (χ0) is 36.9. The average Bonchev–Trinajstić information content (AvgIpc) is 3.09. The molecule has 50 heavy (non-hydrogen) atoms. The van der Waals surface area contributed by atoms with Crippen molar-refractivity contribution in [1.29, 1.82) is 0 Å². The highest BCUT2D eigenvalue weighted by atomic mass is 16.6. The summed E-state index contributed by atoms with van der Waals surface area (Å²) in [6.07, 6.45) is 33.8. The molecule has 6 heteroatoms. The van der Waals surface area contributed by atoms with Gasteiger partial charge in [0.05, 0.1) is 0 Å². The number of rotatable bonds is 38. The zero-order valence-corrected chi connectivity index (χ0v) is 34.0. The van der Waals surface area contributed by atoms with Gasteiger partial charge in [-0.2, -0.15) is 0 Å². The van der Waals surface area contributed by atoms with Gasteiger partial charge in [-0.3, -0.25) is 14.4 Å². The molecule has 0 rings (SSSR count). The number of carbonyl (C=O) groups excluding carboxylic acids is 3. The quantitative estimate of drug-likeness (QED) is 0.0361. The van der Waals surface area contributed by atoms with Crippen LogP contribution in [0.5, 0.6) is 0 Å². The third-order valence-corrected chi connectivity index (χ3v) is 10.1. The summed E-state index contributed by atoms with van der Waals surface area (Å²) in [5.41, 5.74) is 0. The first-order valence-corrected chi connectivity index (χ1v) is 21.8. The van der Waals surface area contributed by atoms with E-state index in [0.29, 0.717) is 19.3 Å². The largest absolute Gasteiger partial charge is 0.462 e. The molecule has 0 aliphatic rings. The first-order chi connectivity index (χ1) is 24.3. The molecule has 0 saturated heterocycles. The molecule has 0 amide bonds. The minimum Gasteiger partial charge on any atom is -0.462 e. The van der Waals surface area contributed by atoms with Crippen LogP contribution in [-0.4, -0.2) is 37.2 Å². The molecule has 0 bridgehead atoms. The molecule has 2 atom stereocenters. The summed E-state index contributed by atoms with van der Waals surface area (Å²) < 4.78 is 16.7. The summed E-state index contributed by atoms with van der Waals surface area (Å²) in [5, 5.41) is 0. The van der Waals surface area contributed by atoms with Gasteiger partial charge in [-0.1, -0.05) is 195 Å². The molecule has 0 aromatic carbocycles. The van der Waals surface area contributed by atoms with Crippen LogP contribution >= 0.6 is 0 Å². The van der Waals surface area contributed by atoms with Crippen molar-refractivity contribution in [3.8, 4) is 0 Å². The van der Waals surface area contributed by atoms with Crippen molar-refractivity contribution in [2.45, 2.75) is 240 Å². The number of esters is 3. The van der Waals surface area contributed by atoms with Crippen LogP contribution in [0.15, 0.2) is 0 Å². The molecule has 0 spiro atoms. The van der Waals surface area contributed by atoms with Crippen LogP contribution in [0.1, 0.15) is 234 Å². The molecule has 0 aliphatic heterocycles. The molecule has 0 heterocycles. The second-order valence-electron chi connectivity index (χ2n) is 15.7. The van der Waals surface area contributed by atoms with E-state index < -0.39 is 6.10 Å². The lowest BCUT2D eigenvalue weighted by atomic mass is 10.00. The summed E-state index contributed by atoms with van der Waals surface area (Å²) in [5.74, 6) is 0.726. The van der Waals surface area contributed by atoms with Crippen molar-refractivity contribution in [2.24, 2.45) is 11.8 Å². The molecule has 0 aromatic heterocycles. The molecule has 6 nitrogen and oxygen atoms in total. The first kappa shape index (κ1) is 48.4. The Morgan fingerprint density at radius 3 is 1.14 bits per heavy atom. The van der Waals surface area contributed by atoms with E-state index in [1.54, 1.807) is 0 Å². The smallest absolute Gasteiger partial charge is 0.306 e. The Balaban J connectivity index is 4.35. The van der Waals surface area contributed by atoms with Crippen molar-refractivity contribution in [2.75, 3.05) is 13.2 Å². The molecular weight excluding hydrogens is 624 g/mol. The van der Waals surface area contributed by atoms with E-state index in [-0.39, 0.29) is 31.1 Å². The molecule has 0 saturated carbocycles. The van der Waals surface area contributed by atoms with Crippen LogP contribution in [0, 0.1) is 11.8 Å². The third-order valence-electron chi connectivity index (χ3n) is 10.1. The normalized spacial score (nSPS) is 12.6. The van der Waals surface area contributed by atoms with Gasteiger partial charge in [-0.05, 0) is 31.1 Å². The SMILES string of the molecule is CCCCCCCCCCCCCCC(=O)OC[C@H](COC(=O)CCCCCCCCC(C)CC)OC(=O)CCCCCCCCCC(C)C. The summed E-state index contributed by atoms with van der Waals surface area (Å²) in [7, 11) is 0. The van der Waals surface area contributed by atoms with Gasteiger partial charge < -0.3 is 14.2 Å². The van der Waals surface area contributed by atoms with Gasteiger partial charge >= 0.3 is 17.9 Å². The monoisotopic (exact) mass is 709 g/mol. The predicted molar refractivity (Wildman–Crippen MR) is 210 cm³/mol. The average molecular weight is 709 g/mol. The van der Waals surface area contributed by atoms with Gasteiger partial charge in [-0.15, -0.1) is 0 Å².